The number of urea groups is 1. The number of ether oxygens (including phenoxy) is 2. The van der Waals surface area contributed by atoms with Crippen LogP contribution in [0.25, 0.3) is 10.2 Å². The smallest absolute Gasteiger partial charge is 0.317 e. The first-order valence-corrected chi connectivity index (χ1v) is 10.7. The molecule has 2 amide bonds. The largest absolute Gasteiger partial charge is 0.497 e. The molecule has 146 valence electrons. The maximum atomic E-state index is 12.5. The van der Waals surface area contributed by atoms with Crippen LogP contribution in [-0.2, 0) is 0 Å². The molecule has 1 N–H and O–H groups in total. The molecule has 6 nitrogen and oxygen atoms in total. The number of amides is 2. The van der Waals surface area contributed by atoms with Crippen molar-refractivity contribution in [2.24, 2.45) is 0 Å². The van der Waals surface area contributed by atoms with Gasteiger partial charge in [-0.15, -0.1) is 0 Å². The summed E-state index contributed by atoms with van der Waals surface area (Å²) in [6, 6.07) is 6.30. The Morgan fingerprint density at radius 3 is 2.70 bits per heavy atom. The quantitative estimate of drug-likeness (QED) is 0.852. The number of nitrogens with one attached hydrogen (secondary N) is 1. The Kier molecular flexibility index (Phi) is 5.66. The van der Waals surface area contributed by atoms with Crippen molar-refractivity contribution in [2.75, 3.05) is 20.2 Å². The molecule has 27 heavy (non-hydrogen) atoms. The van der Waals surface area contributed by atoms with Crippen LogP contribution in [0.1, 0.15) is 44.9 Å². The minimum Gasteiger partial charge on any atom is -0.497 e. The molecule has 1 aliphatic heterocycles. The Hall–Kier alpha value is -2.02. The predicted molar refractivity (Wildman–Crippen MR) is 107 cm³/mol. The number of aromatic nitrogens is 1. The number of methoxy groups -OCH3 is 1. The summed E-state index contributed by atoms with van der Waals surface area (Å²) in [6.45, 7) is 1.48. The molecule has 0 unspecified atom stereocenters. The van der Waals surface area contributed by atoms with Crippen molar-refractivity contribution in [1.82, 2.24) is 15.2 Å². The Balaban J connectivity index is 1.28. The van der Waals surface area contributed by atoms with Gasteiger partial charge in [0.15, 0.2) is 0 Å². The van der Waals surface area contributed by atoms with Gasteiger partial charge in [0.05, 0.1) is 17.3 Å². The predicted octanol–water partition coefficient (Wildman–Crippen LogP) is 4.19. The van der Waals surface area contributed by atoms with Gasteiger partial charge in [-0.05, 0) is 31.0 Å². The highest BCUT2D eigenvalue weighted by molar-refractivity contribution is 7.20. The summed E-state index contributed by atoms with van der Waals surface area (Å²) < 4.78 is 12.4. The number of nitrogens with zero attached hydrogens (tertiary/aromatic N) is 2. The SMILES string of the molecule is COc1ccc2nc(OC3CCN(C(=O)NC4CCCCC4)CC3)sc2c1. The maximum absolute atomic E-state index is 12.5. The molecule has 2 aromatic rings. The van der Waals surface area contributed by atoms with Gasteiger partial charge in [0, 0.05) is 32.0 Å². The molecule has 2 aliphatic rings. The van der Waals surface area contributed by atoms with Crippen molar-refractivity contribution in [3.63, 3.8) is 0 Å². The maximum Gasteiger partial charge on any atom is 0.317 e. The Labute approximate surface area is 163 Å². The number of carbonyl (C=O) groups excluding carboxylic acids is 1. The molecule has 0 atom stereocenters. The molecule has 1 aromatic heterocycles. The summed E-state index contributed by atoms with van der Waals surface area (Å²) in [5.74, 6) is 0.829. The average Bonchev–Trinajstić information content (AvgIpc) is 3.10. The molecular weight excluding hydrogens is 362 g/mol. The third-order valence-corrected chi connectivity index (χ3v) is 6.41. The van der Waals surface area contributed by atoms with Crippen LogP contribution in [-0.4, -0.2) is 48.3 Å². The van der Waals surface area contributed by atoms with E-state index in [-0.39, 0.29) is 12.1 Å². The van der Waals surface area contributed by atoms with Crippen molar-refractivity contribution >= 4 is 27.6 Å². The standard InChI is InChI=1S/C20H27N3O3S/c1-25-16-7-8-17-18(13-16)27-20(22-17)26-15-9-11-23(12-10-15)19(24)21-14-5-3-2-4-6-14/h7-8,13-15H,2-6,9-12H2,1H3,(H,21,24). The lowest BCUT2D eigenvalue weighted by atomic mass is 9.96. The molecule has 0 bridgehead atoms. The van der Waals surface area contributed by atoms with E-state index >= 15 is 0 Å². The zero-order chi connectivity index (χ0) is 18.6. The van der Waals surface area contributed by atoms with E-state index in [1.54, 1.807) is 18.4 Å². The summed E-state index contributed by atoms with van der Waals surface area (Å²) in [5.41, 5.74) is 0.931. The lowest BCUT2D eigenvalue weighted by Gasteiger charge is -2.33. The monoisotopic (exact) mass is 389 g/mol. The number of piperidine rings is 1. The number of fused-ring (bicyclic) bond motifs is 1. The van der Waals surface area contributed by atoms with E-state index in [0.717, 1.165) is 54.7 Å². The third-order valence-electron chi connectivity index (χ3n) is 5.51. The van der Waals surface area contributed by atoms with E-state index in [2.05, 4.69) is 10.3 Å². The van der Waals surface area contributed by atoms with Gasteiger partial charge in [0.2, 0.25) is 0 Å². The van der Waals surface area contributed by atoms with Gasteiger partial charge in [-0.2, -0.15) is 0 Å². The number of likely N-dealkylation sites (tertiary alicyclic amines) is 1. The molecule has 2 fully saturated rings. The minimum atomic E-state index is 0.0902. The van der Waals surface area contributed by atoms with Crippen LogP contribution in [0.15, 0.2) is 18.2 Å². The van der Waals surface area contributed by atoms with Gasteiger partial charge in [-0.3, -0.25) is 0 Å². The first-order chi connectivity index (χ1) is 13.2. The minimum absolute atomic E-state index is 0.0902. The second-order valence-electron chi connectivity index (χ2n) is 7.40. The number of hydrogen-bond donors (Lipinski definition) is 1. The molecule has 1 aromatic carbocycles. The third kappa shape index (κ3) is 4.46. The van der Waals surface area contributed by atoms with Gasteiger partial charge in [0.1, 0.15) is 11.9 Å². The molecule has 7 heteroatoms. The van der Waals surface area contributed by atoms with Crippen molar-refractivity contribution in [2.45, 2.75) is 57.1 Å². The van der Waals surface area contributed by atoms with Gasteiger partial charge >= 0.3 is 6.03 Å². The van der Waals surface area contributed by atoms with E-state index in [9.17, 15) is 4.79 Å². The van der Waals surface area contributed by atoms with Crippen LogP contribution in [0.2, 0.25) is 0 Å². The van der Waals surface area contributed by atoms with Crippen LogP contribution in [0.3, 0.4) is 0 Å². The fourth-order valence-corrected chi connectivity index (χ4v) is 4.80. The number of hydrogen-bond acceptors (Lipinski definition) is 5. The summed E-state index contributed by atoms with van der Waals surface area (Å²) in [5, 5.41) is 3.90. The molecule has 1 saturated carbocycles. The summed E-state index contributed by atoms with van der Waals surface area (Å²) >= 11 is 1.54. The van der Waals surface area contributed by atoms with E-state index in [1.807, 2.05) is 23.1 Å². The lowest BCUT2D eigenvalue weighted by molar-refractivity contribution is 0.109. The average molecular weight is 390 g/mol. The van der Waals surface area contributed by atoms with Gasteiger partial charge < -0.3 is 19.7 Å². The summed E-state index contributed by atoms with van der Waals surface area (Å²) in [6.07, 6.45) is 7.80. The van der Waals surface area contributed by atoms with Crippen LogP contribution in [0.5, 0.6) is 10.9 Å². The highest BCUT2D eigenvalue weighted by Crippen LogP contribution is 2.32. The fraction of sp³-hybridized carbons (Fsp3) is 0.600. The Morgan fingerprint density at radius 2 is 1.96 bits per heavy atom. The van der Waals surface area contributed by atoms with Gasteiger partial charge in [0.25, 0.3) is 5.19 Å². The fourth-order valence-electron chi connectivity index (χ4n) is 3.89. The van der Waals surface area contributed by atoms with Crippen LogP contribution in [0.4, 0.5) is 4.79 Å². The number of carbonyl (C=O) groups is 1. The van der Waals surface area contributed by atoms with Crippen LogP contribution < -0.4 is 14.8 Å². The number of benzene rings is 1. The van der Waals surface area contributed by atoms with E-state index < -0.39 is 0 Å². The summed E-state index contributed by atoms with van der Waals surface area (Å²) in [7, 11) is 1.66. The van der Waals surface area contributed by atoms with E-state index in [4.69, 9.17) is 9.47 Å². The van der Waals surface area contributed by atoms with Gasteiger partial charge in [-0.25, -0.2) is 9.78 Å². The van der Waals surface area contributed by atoms with Crippen molar-refractivity contribution in [3.05, 3.63) is 18.2 Å². The number of thiazole rings is 1. The zero-order valence-corrected chi connectivity index (χ0v) is 16.6. The van der Waals surface area contributed by atoms with Crippen molar-refractivity contribution in [1.29, 1.82) is 0 Å². The van der Waals surface area contributed by atoms with Crippen LogP contribution in [0, 0.1) is 0 Å². The highest BCUT2D eigenvalue weighted by Gasteiger charge is 2.26. The van der Waals surface area contributed by atoms with E-state index in [1.165, 1.54) is 19.3 Å². The van der Waals surface area contributed by atoms with Gasteiger partial charge in [-0.1, -0.05) is 30.6 Å². The molecular formula is C20H27N3O3S. The molecule has 2 heterocycles. The Bertz CT molecular complexity index is 780. The lowest BCUT2D eigenvalue weighted by Crippen LogP contribution is -2.49. The summed E-state index contributed by atoms with van der Waals surface area (Å²) in [4.78, 5) is 19.0. The topological polar surface area (TPSA) is 63.7 Å². The molecule has 0 radical (unpaired) electrons. The first-order valence-electron chi connectivity index (χ1n) is 9.88. The molecule has 1 aliphatic carbocycles. The normalized spacial score (nSPS) is 19.2. The zero-order valence-electron chi connectivity index (χ0n) is 15.8. The van der Waals surface area contributed by atoms with Crippen molar-refractivity contribution in [3.8, 4) is 10.9 Å². The van der Waals surface area contributed by atoms with Crippen molar-refractivity contribution < 1.29 is 14.3 Å². The highest BCUT2D eigenvalue weighted by atomic mass is 32.1. The Morgan fingerprint density at radius 1 is 1.19 bits per heavy atom. The molecule has 1 saturated heterocycles. The van der Waals surface area contributed by atoms with E-state index in [0.29, 0.717) is 11.2 Å². The molecule has 0 spiro atoms. The second kappa shape index (κ2) is 8.33. The number of rotatable bonds is 4. The first kappa shape index (κ1) is 18.3. The van der Waals surface area contributed by atoms with Crippen LogP contribution >= 0.6 is 11.3 Å². The second-order valence-corrected chi connectivity index (χ2v) is 8.40. The molecule has 4 rings (SSSR count).